The van der Waals surface area contributed by atoms with Crippen LogP contribution >= 0.6 is 24.0 Å². The van der Waals surface area contributed by atoms with E-state index in [1.807, 2.05) is 0 Å². The highest BCUT2D eigenvalue weighted by Crippen LogP contribution is 2.34. The number of nitrogens with two attached hydrogens (primary N) is 1. The van der Waals surface area contributed by atoms with Crippen LogP contribution < -0.4 is 5.73 Å². The fourth-order valence-corrected chi connectivity index (χ4v) is 1.98. The average molecular weight is 222 g/mol. The Hall–Kier alpha value is -0.310. The highest BCUT2D eigenvalue weighted by Gasteiger charge is 2.21. The third kappa shape index (κ3) is 1.80. The number of hydrogen-bond acceptors (Lipinski definition) is 1. The molecule has 1 aromatic carbocycles. The van der Waals surface area contributed by atoms with Crippen molar-refractivity contribution in [3.63, 3.8) is 0 Å². The summed E-state index contributed by atoms with van der Waals surface area (Å²) >= 11 is 5.84. The molecule has 0 fully saturated rings. The van der Waals surface area contributed by atoms with Crippen LogP contribution in [0.5, 0.6) is 0 Å². The Morgan fingerprint density at radius 3 is 2.85 bits per heavy atom. The first kappa shape index (κ1) is 10.8. The van der Waals surface area contributed by atoms with E-state index in [1.54, 1.807) is 0 Å². The van der Waals surface area contributed by atoms with Crippen molar-refractivity contribution in [3.05, 3.63) is 34.1 Å². The summed E-state index contributed by atoms with van der Waals surface area (Å²) in [6.45, 7) is 0. The summed E-state index contributed by atoms with van der Waals surface area (Å²) in [5.74, 6) is -0.295. The van der Waals surface area contributed by atoms with Gasteiger partial charge in [-0.1, -0.05) is 11.6 Å². The van der Waals surface area contributed by atoms with Gasteiger partial charge in [-0.2, -0.15) is 0 Å². The highest BCUT2D eigenvalue weighted by atomic mass is 35.5. The van der Waals surface area contributed by atoms with Gasteiger partial charge in [0.1, 0.15) is 5.82 Å². The molecule has 1 aliphatic carbocycles. The van der Waals surface area contributed by atoms with E-state index in [9.17, 15) is 4.39 Å². The Labute approximate surface area is 87.5 Å². The Morgan fingerprint density at radius 2 is 2.15 bits per heavy atom. The quantitative estimate of drug-likeness (QED) is 0.717. The van der Waals surface area contributed by atoms with E-state index in [0.29, 0.717) is 5.02 Å². The summed E-state index contributed by atoms with van der Waals surface area (Å²) in [6.07, 6.45) is 1.74. The molecule has 0 bridgehead atoms. The molecule has 0 spiro atoms. The van der Waals surface area contributed by atoms with Gasteiger partial charge in [0.15, 0.2) is 0 Å². The third-order valence-corrected chi connectivity index (χ3v) is 2.64. The van der Waals surface area contributed by atoms with Gasteiger partial charge in [-0.25, -0.2) is 4.39 Å². The lowest BCUT2D eigenvalue weighted by Gasteiger charge is -2.05. The summed E-state index contributed by atoms with van der Waals surface area (Å²) in [6, 6.07) is 2.80. The monoisotopic (exact) mass is 221 g/mol. The molecule has 2 N–H and O–H groups in total. The average Bonchev–Trinajstić information content (AvgIpc) is 2.33. The predicted octanol–water partition coefficient (Wildman–Crippen LogP) is 2.85. The standard InChI is InChI=1S/C9H9ClFN.ClH/c10-8-4-5(11)3-7-6(8)1-2-9(7)12;/h3-4,9H,1-2,12H2;1H/t9-;/m1./s1. The van der Waals surface area contributed by atoms with Gasteiger partial charge in [-0.05, 0) is 36.1 Å². The van der Waals surface area contributed by atoms with Crippen LogP contribution in [0.15, 0.2) is 12.1 Å². The normalized spacial score (nSPS) is 19.5. The van der Waals surface area contributed by atoms with Crippen molar-refractivity contribution in [1.82, 2.24) is 0 Å². The molecule has 1 nitrogen and oxygen atoms in total. The Morgan fingerprint density at radius 1 is 1.46 bits per heavy atom. The second-order valence-corrected chi connectivity index (χ2v) is 3.51. The molecule has 0 unspecified atom stereocenters. The number of halogens is 3. The summed E-state index contributed by atoms with van der Waals surface area (Å²) < 4.78 is 12.9. The van der Waals surface area contributed by atoms with Gasteiger partial charge >= 0.3 is 0 Å². The van der Waals surface area contributed by atoms with Gasteiger partial charge < -0.3 is 5.73 Å². The summed E-state index contributed by atoms with van der Waals surface area (Å²) in [7, 11) is 0. The maximum Gasteiger partial charge on any atom is 0.125 e. The van der Waals surface area contributed by atoms with E-state index >= 15 is 0 Å². The molecule has 4 heteroatoms. The van der Waals surface area contributed by atoms with Gasteiger partial charge in [0, 0.05) is 11.1 Å². The van der Waals surface area contributed by atoms with Crippen LogP contribution in [-0.4, -0.2) is 0 Å². The lowest BCUT2D eigenvalue weighted by atomic mass is 10.1. The minimum absolute atomic E-state index is 0. The third-order valence-electron chi connectivity index (χ3n) is 2.30. The number of benzene rings is 1. The van der Waals surface area contributed by atoms with Crippen molar-refractivity contribution < 1.29 is 4.39 Å². The highest BCUT2D eigenvalue weighted by molar-refractivity contribution is 6.31. The first-order valence-corrected chi connectivity index (χ1v) is 4.29. The number of fused-ring (bicyclic) bond motifs is 1. The van der Waals surface area contributed by atoms with Gasteiger partial charge in [0.25, 0.3) is 0 Å². The van der Waals surface area contributed by atoms with Gasteiger partial charge in [0.05, 0.1) is 0 Å². The Kier molecular flexibility index (Phi) is 3.17. The van der Waals surface area contributed by atoms with Crippen LogP contribution in [0.25, 0.3) is 0 Å². The van der Waals surface area contributed by atoms with Crippen LogP contribution in [0.3, 0.4) is 0 Å². The van der Waals surface area contributed by atoms with Crippen molar-refractivity contribution in [2.24, 2.45) is 5.73 Å². The summed E-state index contributed by atoms with van der Waals surface area (Å²) in [4.78, 5) is 0. The molecule has 0 saturated heterocycles. The minimum atomic E-state index is -0.295. The zero-order chi connectivity index (χ0) is 8.72. The molecular weight excluding hydrogens is 212 g/mol. The molecule has 72 valence electrons. The number of hydrogen-bond donors (Lipinski definition) is 1. The second kappa shape index (κ2) is 3.82. The smallest absolute Gasteiger partial charge is 0.125 e. The zero-order valence-electron chi connectivity index (χ0n) is 6.89. The molecule has 0 aromatic heterocycles. The van der Waals surface area contributed by atoms with Crippen molar-refractivity contribution in [1.29, 1.82) is 0 Å². The minimum Gasteiger partial charge on any atom is -0.324 e. The summed E-state index contributed by atoms with van der Waals surface area (Å²) in [5.41, 5.74) is 7.65. The van der Waals surface area contributed by atoms with Gasteiger partial charge in [-0.3, -0.25) is 0 Å². The molecule has 0 heterocycles. The summed E-state index contributed by atoms with van der Waals surface area (Å²) in [5, 5.41) is 0.512. The maximum atomic E-state index is 12.9. The van der Waals surface area contributed by atoms with E-state index in [1.165, 1.54) is 12.1 Å². The molecule has 1 aliphatic rings. The van der Waals surface area contributed by atoms with Crippen LogP contribution in [0.4, 0.5) is 4.39 Å². The topological polar surface area (TPSA) is 26.0 Å². The molecule has 2 rings (SSSR count). The molecule has 0 saturated carbocycles. The lowest BCUT2D eigenvalue weighted by Crippen LogP contribution is -2.05. The largest absolute Gasteiger partial charge is 0.324 e. The van der Waals surface area contributed by atoms with E-state index in [-0.39, 0.29) is 24.3 Å². The van der Waals surface area contributed by atoms with Crippen molar-refractivity contribution in [3.8, 4) is 0 Å². The molecule has 0 radical (unpaired) electrons. The van der Waals surface area contributed by atoms with Crippen LogP contribution in [0, 0.1) is 5.82 Å². The fourth-order valence-electron chi connectivity index (χ4n) is 1.67. The molecule has 0 amide bonds. The van der Waals surface area contributed by atoms with Crippen LogP contribution in [-0.2, 0) is 6.42 Å². The fraction of sp³-hybridized carbons (Fsp3) is 0.333. The first-order valence-electron chi connectivity index (χ1n) is 3.92. The molecule has 0 aliphatic heterocycles. The zero-order valence-corrected chi connectivity index (χ0v) is 8.46. The SMILES string of the molecule is Cl.N[C@@H]1CCc2c(Cl)cc(F)cc21. The molecule has 13 heavy (non-hydrogen) atoms. The number of rotatable bonds is 0. The van der Waals surface area contributed by atoms with Crippen LogP contribution in [0.2, 0.25) is 5.02 Å². The van der Waals surface area contributed by atoms with Crippen LogP contribution in [0.1, 0.15) is 23.6 Å². The predicted molar refractivity (Wildman–Crippen MR) is 53.9 cm³/mol. The van der Waals surface area contributed by atoms with E-state index in [4.69, 9.17) is 17.3 Å². The Bertz CT molecular complexity index is 328. The van der Waals surface area contributed by atoms with Crippen molar-refractivity contribution >= 4 is 24.0 Å². The van der Waals surface area contributed by atoms with E-state index in [0.717, 1.165) is 24.0 Å². The second-order valence-electron chi connectivity index (χ2n) is 3.10. The Balaban J connectivity index is 0.000000845. The van der Waals surface area contributed by atoms with E-state index in [2.05, 4.69) is 0 Å². The van der Waals surface area contributed by atoms with Crippen molar-refractivity contribution in [2.45, 2.75) is 18.9 Å². The first-order chi connectivity index (χ1) is 5.68. The maximum absolute atomic E-state index is 12.9. The van der Waals surface area contributed by atoms with Crippen molar-refractivity contribution in [2.75, 3.05) is 0 Å². The molecule has 1 aromatic rings. The molecule has 1 atom stereocenters. The van der Waals surface area contributed by atoms with Gasteiger partial charge in [-0.15, -0.1) is 12.4 Å². The molecular formula is C9H10Cl2FN. The van der Waals surface area contributed by atoms with Gasteiger partial charge in [0.2, 0.25) is 0 Å². The lowest BCUT2D eigenvalue weighted by molar-refractivity contribution is 0.622. The van der Waals surface area contributed by atoms with E-state index < -0.39 is 0 Å².